The number of carbonyl (C=O) groups is 1. The van der Waals surface area contributed by atoms with E-state index >= 15 is 0 Å². The van der Waals surface area contributed by atoms with Gasteiger partial charge < -0.3 is 10.8 Å². The van der Waals surface area contributed by atoms with Crippen molar-refractivity contribution in [2.24, 2.45) is 5.73 Å². The van der Waals surface area contributed by atoms with Crippen LogP contribution in [0.3, 0.4) is 0 Å². The molecule has 0 atom stereocenters. The van der Waals surface area contributed by atoms with Crippen LogP contribution in [0.25, 0.3) is 0 Å². The van der Waals surface area contributed by atoms with Gasteiger partial charge in [0, 0.05) is 6.61 Å². The largest absolute Gasteiger partial charge is 0.396 e. The quantitative estimate of drug-likeness (QED) is 0.403. The number of primary amides is 1. The third-order valence-electron chi connectivity index (χ3n) is 0.762. The molecule has 0 aliphatic heterocycles. The normalized spacial score (nSPS) is 9.69. The van der Waals surface area contributed by atoms with Crippen LogP contribution in [0.1, 0.15) is 6.42 Å². The van der Waals surface area contributed by atoms with Gasteiger partial charge in [0.1, 0.15) is 0 Å². The molecule has 6 nitrogen and oxygen atoms in total. The molecule has 0 bridgehead atoms. The number of amides is 1. The fourth-order valence-corrected chi connectivity index (χ4v) is 0.741. The Morgan fingerprint density at radius 2 is 1.92 bits per heavy atom. The molecule has 7 heteroatoms. The fourth-order valence-electron chi connectivity index (χ4n) is 0.247. The second-order valence-corrected chi connectivity index (χ2v) is 3.54. The van der Waals surface area contributed by atoms with Gasteiger partial charge in [0.2, 0.25) is 5.91 Å². The maximum atomic E-state index is 9.83. The van der Waals surface area contributed by atoms with Crippen molar-refractivity contribution in [2.45, 2.75) is 6.42 Å². The van der Waals surface area contributed by atoms with E-state index in [0.717, 1.165) is 6.08 Å². The Labute approximate surface area is 76.8 Å². The molecule has 0 aromatic heterocycles. The summed E-state index contributed by atoms with van der Waals surface area (Å²) >= 11 is 0. The predicted octanol–water partition coefficient (Wildman–Crippen LogP) is -1.09. The monoisotopic (exact) mass is 211 g/mol. The van der Waals surface area contributed by atoms with Gasteiger partial charge in [0.05, 0.1) is 5.75 Å². The Morgan fingerprint density at radius 3 is 2.00 bits per heavy atom. The average Bonchev–Trinajstić information content (AvgIpc) is 2.00. The summed E-state index contributed by atoms with van der Waals surface area (Å²) in [4.78, 5) is 9.47. The topological polar surface area (TPSA) is 118 Å². The van der Waals surface area contributed by atoms with Crippen LogP contribution in [0.4, 0.5) is 0 Å². The lowest BCUT2D eigenvalue weighted by Gasteiger charge is -1.89. The number of aliphatic hydroxyl groups is 1. The summed E-state index contributed by atoms with van der Waals surface area (Å²) in [7, 11) is -3.85. The summed E-state index contributed by atoms with van der Waals surface area (Å²) < 4.78 is 27.7. The SMILES string of the molecule is C=CC(N)=O.O=S(=O)(O)CCCO. The Bertz CT molecular complexity index is 246. The van der Waals surface area contributed by atoms with E-state index in [9.17, 15) is 13.2 Å². The summed E-state index contributed by atoms with van der Waals surface area (Å²) in [5.74, 6) is -0.839. The van der Waals surface area contributed by atoms with E-state index < -0.39 is 16.0 Å². The molecule has 13 heavy (non-hydrogen) atoms. The number of aliphatic hydroxyl groups excluding tert-OH is 1. The highest BCUT2D eigenvalue weighted by atomic mass is 32.2. The summed E-state index contributed by atoms with van der Waals surface area (Å²) in [6.07, 6.45) is 1.15. The molecule has 0 spiro atoms. The van der Waals surface area contributed by atoms with E-state index in [1.807, 2.05) is 0 Å². The molecule has 0 saturated carbocycles. The van der Waals surface area contributed by atoms with Gasteiger partial charge in [-0.3, -0.25) is 9.35 Å². The fraction of sp³-hybridized carbons (Fsp3) is 0.500. The molecule has 1 amide bonds. The highest BCUT2D eigenvalue weighted by molar-refractivity contribution is 7.85. The van der Waals surface area contributed by atoms with Crippen molar-refractivity contribution in [3.63, 3.8) is 0 Å². The van der Waals surface area contributed by atoms with E-state index in [4.69, 9.17) is 9.66 Å². The van der Waals surface area contributed by atoms with Crippen molar-refractivity contribution in [3.05, 3.63) is 12.7 Å². The number of hydrogen-bond donors (Lipinski definition) is 3. The smallest absolute Gasteiger partial charge is 0.264 e. The van der Waals surface area contributed by atoms with Crippen molar-refractivity contribution in [1.29, 1.82) is 0 Å². The van der Waals surface area contributed by atoms with Crippen LogP contribution < -0.4 is 5.73 Å². The number of nitrogens with two attached hydrogens (primary N) is 1. The number of carbonyl (C=O) groups excluding carboxylic acids is 1. The highest BCUT2D eigenvalue weighted by Gasteiger charge is 2.00. The van der Waals surface area contributed by atoms with Crippen LogP contribution in [0.2, 0.25) is 0 Å². The van der Waals surface area contributed by atoms with E-state index in [0.29, 0.717) is 0 Å². The number of hydrogen-bond acceptors (Lipinski definition) is 4. The second kappa shape index (κ2) is 7.71. The third-order valence-corrected chi connectivity index (χ3v) is 1.57. The molecule has 0 aliphatic rings. The van der Waals surface area contributed by atoms with Crippen molar-refractivity contribution >= 4 is 16.0 Å². The van der Waals surface area contributed by atoms with Crippen molar-refractivity contribution in [2.75, 3.05) is 12.4 Å². The molecule has 0 unspecified atom stereocenters. The van der Waals surface area contributed by atoms with Crippen LogP contribution in [-0.2, 0) is 14.9 Å². The van der Waals surface area contributed by atoms with E-state index in [-0.39, 0.29) is 18.8 Å². The Morgan fingerprint density at radius 1 is 1.54 bits per heavy atom. The van der Waals surface area contributed by atoms with Gasteiger partial charge in [0.25, 0.3) is 10.1 Å². The summed E-state index contributed by atoms with van der Waals surface area (Å²) in [5.41, 5.74) is 4.53. The zero-order valence-electron chi connectivity index (χ0n) is 7.01. The first-order valence-electron chi connectivity index (χ1n) is 3.31. The van der Waals surface area contributed by atoms with Crippen LogP contribution in [0.5, 0.6) is 0 Å². The summed E-state index contributed by atoms with van der Waals surface area (Å²) in [5, 5.41) is 8.05. The van der Waals surface area contributed by atoms with Crippen molar-refractivity contribution < 1.29 is 22.9 Å². The van der Waals surface area contributed by atoms with Gasteiger partial charge >= 0.3 is 0 Å². The van der Waals surface area contributed by atoms with Crippen LogP contribution in [0.15, 0.2) is 12.7 Å². The Balaban J connectivity index is 0. The zero-order chi connectivity index (χ0) is 10.9. The molecule has 0 aliphatic carbocycles. The lowest BCUT2D eigenvalue weighted by Crippen LogP contribution is -2.04. The van der Waals surface area contributed by atoms with E-state index in [1.54, 1.807) is 0 Å². The maximum absolute atomic E-state index is 9.83. The molecular formula is C6H13NO5S. The Kier molecular flexibility index (Phi) is 8.66. The van der Waals surface area contributed by atoms with Gasteiger partial charge in [-0.2, -0.15) is 8.42 Å². The zero-order valence-corrected chi connectivity index (χ0v) is 7.83. The minimum Gasteiger partial charge on any atom is -0.396 e. The minimum atomic E-state index is -3.85. The van der Waals surface area contributed by atoms with Crippen molar-refractivity contribution in [3.8, 4) is 0 Å². The van der Waals surface area contributed by atoms with Crippen LogP contribution in [-0.4, -0.2) is 36.3 Å². The molecule has 78 valence electrons. The first-order chi connectivity index (χ1) is 5.83. The molecule has 0 radical (unpaired) electrons. The lowest BCUT2D eigenvalue weighted by molar-refractivity contribution is -0.113. The molecule has 0 saturated heterocycles. The molecule has 0 heterocycles. The van der Waals surface area contributed by atoms with Gasteiger partial charge in [-0.25, -0.2) is 0 Å². The van der Waals surface area contributed by atoms with Crippen LogP contribution in [0, 0.1) is 0 Å². The van der Waals surface area contributed by atoms with Gasteiger partial charge in [-0.15, -0.1) is 0 Å². The van der Waals surface area contributed by atoms with Gasteiger partial charge in [-0.05, 0) is 12.5 Å². The first-order valence-corrected chi connectivity index (χ1v) is 4.92. The maximum Gasteiger partial charge on any atom is 0.264 e. The predicted molar refractivity (Wildman–Crippen MR) is 47.5 cm³/mol. The first kappa shape index (κ1) is 14.6. The van der Waals surface area contributed by atoms with E-state index in [2.05, 4.69) is 12.3 Å². The minimum absolute atomic E-state index is 0.0961. The average molecular weight is 211 g/mol. The molecule has 0 rings (SSSR count). The van der Waals surface area contributed by atoms with Crippen LogP contribution >= 0.6 is 0 Å². The third kappa shape index (κ3) is 24.7. The summed E-state index contributed by atoms with van der Waals surface area (Å²) in [6, 6.07) is 0. The molecule has 0 aromatic carbocycles. The molecular weight excluding hydrogens is 198 g/mol. The second-order valence-electron chi connectivity index (χ2n) is 1.97. The van der Waals surface area contributed by atoms with E-state index in [1.165, 1.54) is 0 Å². The molecule has 0 fully saturated rings. The molecule has 4 N–H and O–H groups in total. The lowest BCUT2D eigenvalue weighted by atomic mass is 10.5. The van der Waals surface area contributed by atoms with Gasteiger partial charge in [-0.1, -0.05) is 6.58 Å². The molecule has 0 aromatic rings. The van der Waals surface area contributed by atoms with Crippen molar-refractivity contribution in [1.82, 2.24) is 0 Å². The van der Waals surface area contributed by atoms with Gasteiger partial charge in [0.15, 0.2) is 0 Å². The highest BCUT2D eigenvalue weighted by Crippen LogP contribution is 1.84. The number of rotatable bonds is 4. The summed E-state index contributed by atoms with van der Waals surface area (Å²) in [6.45, 7) is 2.88. The Hall–Kier alpha value is -0.920. The standard InChI is InChI=1S/C3H5NO.C3H8O4S/c1-2-3(4)5;4-2-1-3-8(5,6)7/h2H,1H2,(H2,4,5);4H,1-3H2,(H,5,6,7).